The van der Waals surface area contributed by atoms with Gasteiger partial charge in [0.15, 0.2) is 0 Å². The zero-order valence-corrected chi connectivity index (χ0v) is 34.1. The van der Waals surface area contributed by atoms with Gasteiger partial charge in [0.2, 0.25) is 0 Å². The van der Waals surface area contributed by atoms with Crippen LogP contribution >= 0.6 is 0 Å². The largest absolute Gasteiger partial charge is 0.456 e. The molecule has 0 amide bonds. The first kappa shape index (κ1) is 33.3. The first-order chi connectivity index (χ1) is 28.5. The van der Waals surface area contributed by atoms with Crippen LogP contribution < -0.4 is 15.8 Å². The predicted molar refractivity (Wildman–Crippen MR) is 249 cm³/mol. The molecule has 0 atom stereocenters. The van der Waals surface area contributed by atoms with Crippen molar-refractivity contribution in [1.82, 2.24) is 4.48 Å². The van der Waals surface area contributed by atoms with E-state index in [2.05, 4.69) is 184 Å². The number of para-hydroxylation sites is 2. The van der Waals surface area contributed by atoms with E-state index in [4.69, 9.17) is 8.83 Å². The van der Waals surface area contributed by atoms with Crippen molar-refractivity contribution in [1.29, 1.82) is 0 Å². The fourth-order valence-electron chi connectivity index (χ4n) is 10.5. The second-order valence-corrected chi connectivity index (χ2v) is 19.0. The summed E-state index contributed by atoms with van der Waals surface area (Å²) in [6.07, 6.45) is 0. The molecule has 0 unspecified atom stereocenters. The van der Waals surface area contributed by atoms with Crippen LogP contribution in [0.5, 0.6) is 0 Å². The number of aromatic nitrogens is 1. The molecular weight excluding hydrogens is 719 g/mol. The summed E-state index contributed by atoms with van der Waals surface area (Å²) in [5.74, 6) is 0. The lowest BCUT2D eigenvalue weighted by Gasteiger charge is -2.41. The molecule has 5 heterocycles. The molecule has 0 N–H and O–H groups in total. The average Bonchev–Trinajstić information content (AvgIpc) is 3.89. The monoisotopic (exact) mass is 760 g/mol. The average molecular weight is 761 g/mol. The normalized spacial score (nSPS) is 13.9. The summed E-state index contributed by atoms with van der Waals surface area (Å²) in [6.45, 7) is 13.9. The Morgan fingerprint density at radius 2 is 1.12 bits per heavy atom. The minimum absolute atomic E-state index is 0.00731. The van der Waals surface area contributed by atoms with Crippen LogP contribution in [0.1, 0.15) is 52.7 Å². The van der Waals surface area contributed by atoms with E-state index < -0.39 is 0 Å². The summed E-state index contributed by atoms with van der Waals surface area (Å²) in [4.78, 5) is 2.55. The van der Waals surface area contributed by atoms with Gasteiger partial charge in [-0.15, -0.1) is 0 Å². The van der Waals surface area contributed by atoms with Crippen LogP contribution in [0, 0.1) is 0 Å². The Kier molecular flexibility index (Phi) is 6.24. The summed E-state index contributed by atoms with van der Waals surface area (Å²) >= 11 is 0. The molecule has 0 fully saturated rings. The van der Waals surface area contributed by atoms with Crippen LogP contribution in [0.2, 0.25) is 0 Å². The molecular formula is C54H41BN2O2. The molecule has 0 spiro atoms. The third-order valence-electron chi connectivity index (χ3n) is 13.4. The number of hydrogen-bond donors (Lipinski definition) is 0. The number of hydrogen-bond acceptors (Lipinski definition) is 3. The Bertz CT molecular complexity index is 3660. The summed E-state index contributed by atoms with van der Waals surface area (Å²) in [6, 6.07) is 52.0. The Morgan fingerprint density at radius 1 is 0.475 bits per heavy atom. The van der Waals surface area contributed by atoms with Crippen LogP contribution in [0.25, 0.3) is 87.6 Å². The number of benzene rings is 8. The van der Waals surface area contributed by atoms with Gasteiger partial charge in [-0.05, 0) is 117 Å². The highest BCUT2D eigenvalue weighted by atomic mass is 16.3. The van der Waals surface area contributed by atoms with Crippen LogP contribution in [0.15, 0.2) is 148 Å². The Morgan fingerprint density at radius 3 is 1.86 bits per heavy atom. The molecule has 0 saturated heterocycles. The third kappa shape index (κ3) is 4.40. The molecule has 2 aliphatic heterocycles. The van der Waals surface area contributed by atoms with E-state index in [1.165, 1.54) is 71.4 Å². The van der Waals surface area contributed by atoms with E-state index in [1.807, 2.05) is 6.07 Å². The maximum atomic E-state index is 6.73. The van der Waals surface area contributed by atoms with Crippen LogP contribution in [-0.2, 0) is 10.8 Å². The molecule has 0 radical (unpaired) electrons. The molecule has 0 aliphatic carbocycles. The standard InChI is InChI=1S/C54H41BN2O2/c1-53(2,3)31-19-21-44-37(24-31)41-25-32(54(4,5)6)26-42-40-23-30-13-7-8-14-34(30)52-50(40)55(57(44)51(41)42)43-29-49-39(36-16-10-12-18-47(36)59-49)28-45(43)56(52)33-20-22-48-38(27-33)35-15-9-11-17-46(35)58-48/h7-29H,1-6H3. The molecule has 282 valence electrons. The predicted octanol–water partition coefficient (Wildman–Crippen LogP) is 13.8. The van der Waals surface area contributed by atoms with Crippen molar-refractivity contribution in [2.45, 2.75) is 52.4 Å². The topological polar surface area (TPSA) is 34.5 Å². The van der Waals surface area contributed by atoms with Crippen molar-refractivity contribution in [2.75, 3.05) is 4.90 Å². The zero-order valence-electron chi connectivity index (χ0n) is 34.1. The molecule has 13 rings (SSSR count). The van der Waals surface area contributed by atoms with Gasteiger partial charge >= 0.3 is 6.85 Å². The fourth-order valence-corrected chi connectivity index (χ4v) is 10.5. The zero-order chi connectivity index (χ0) is 39.7. The van der Waals surface area contributed by atoms with Gasteiger partial charge < -0.3 is 18.2 Å². The van der Waals surface area contributed by atoms with Gasteiger partial charge in [-0.1, -0.05) is 108 Å². The highest BCUT2D eigenvalue weighted by Crippen LogP contribution is 2.50. The van der Waals surface area contributed by atoms with Gasteiger partial charge in [0, 0.05) is 65.7 Å². The van der Waals surface area contributed by atoms with Gasteiger partial charge in [0.25, 0.3) is 0 Å². The molecule has 0 bridgehead atoms. The lowest BCUT2D eigenvalue weighted by Crippen LogP contribution is -2.56. The number of furan rings is 2. The summed E-state index contributed by atoms with van der Waals surface area (Å²) < 4.78 is 15.8. The molecule has 8 aromatic carbocycles. The second-order valence-electron chi connectivity index (χ2n) is 19.0. The van der Waals surface area contributed by atoms with Crippen LogP contribution in [0.3, 0.4) is 0 Å². The molecule has 0 saturated carbocycles. The van der Waals surface area contributed by atoms with Gasteiger partial charge in [0.05, 0.1) is 5.69 Å². The van der Waals surface area contributed by atoms with E-state index in [1.54, 1.807) is 0 Å². The first-order valence-corrected chi connectivity index (χ1v) is 20.9. The van der Waals surface area contributed by atoms with Gasteiger partial charge in [-0.25, -0.2) is 0 Å². The van der Waals surface area contributed by atoms with Crippen molar-refractivity contribution in [3.63, 3.8) is 0 Å². The van der Waals surface area contributed by atoms with Gasteiger partial charge in [-0.2, -0.15) is 0 Å². The third-order valence-corrected chi connectivity index (χ3v) is 13.4. The quantitative estimate of drug-likeness (QED) is 0.156. The molecule has 11 aromatic rings. The molecule has 3 aromatic heterocycles. The maximum absolute atomic E-state index is 6.73. The van der Waals surface area contributed by atoms with Crippen molar-refractivity contribution in [2.24, 2.45) is 0 Å². The minimum Gasteiger partial charge on any atom is -0.456 e. The van der Waals surface area contributed by atoms with Crippen molar-refractivity contribution >= 4 is 111 Å². The second kappa shape index (κ2) is 11.1. The van der Waals surface area contributed by atoms with E-state index in [9.17, 15) is 0 Å². The number of nitrogens with zero attached hydrogens (tertiary/aromatic N) is 2. The highest BCUT2D eigenvalue weighted by Gasteiger charge is 2.44. The summed E-state index contributed by atoms with van der Waals surface area (Å²) in [5, 5.41) is 9.56. The number of fused-ring (bicyclic) bond motifs is 15. The van der Waals surface area contributed by atoms with E-state index in [0.29, 0.717) is 0 Å². The SMILES string of the molecule is CC(C)(C)c1ccc2c(c1)c1cc(C(C)(C)C)cc3c1n2B1c2cc4oc5ccccc5c4cc2N(c2ccc4oc5ccccc5c4c2)c2c1c-3cc1ccccc21. The van der Waals surface area contributed by atoms with Gasteiger partial charge in [-0.3, -0.25) is 0 Å². The molecule has 59 heavy (non-hydrogen) atoms. The molecule has 5 heteroatoms. The highest BCUT2D eigenvalue weighted by molar-refractivity contribution is 6.90. The van der Waals surface area contributed by atoms with Crippen LogP contribution in [-0.4, -0.2) is 11.3 Å². The first-order valence-electron chi connectivity index (χ1n) is 20.9. The van der Waals surface area contributed by atoms with Crippen molar-refractivity contribution in [3.8, 4) is 11.1 Å². The Labute approximate surface area is 342 Å². The maximum Gasteiger partial charge on any atom is 0.333 e. The Balaban J connectivity index is 1.24. The van der Waals surface area contributed by atoms with Crippen LogP contribution in [0.4, 0.5) is 17.1 Å². The van der Waals surface area contributed by atoms with Gasteiger partial charge in [0.1, 0.15) is 22.3 Å². The number of anilines is 3. The fraction of sp³-hybridized carbons (Fsp3) is 0.148. The molecule has 2 aliphatic rings. The van der Waals surface area contributed by atoms with E-state index in [0.717, 1.165) is 55.3 Å². The lowest BCUT2D eigenvalue weighted by atomic mass is 9.44. The minimum atomic E-state index is -0.111. The summed E-state index contributed by atoms with van der Waals surface area (Å²) in [7, 11) is 0. The van der Waals surface area contributed by atoms with E-state index in [-0.39, 0.29) is 17.7 Å². The van der Waals surface area contributed by atoms with Crippen molar-refractivity contribution in [3.05, 3.63) is 151 Å². The Hall–Kier alpha value is -6.72. The smallest absolute Gasteiger partial charge is 0.333 e. The van der Waals surface area contributed by atoms with Crippen molar-refractivity contribution < 1.29 is 8.83 Å². The lowest BCUT2D eigenvalue weighted by molar-refractivity contribution is 0.590. The number of rotatable bonds is 1. The molecule has 4 nitrogen and oxygen atoms in total. The van der Waals surface area contributed by atoms with E-state index >= 15 is 0 Å². The summed E-state index contributed by atoms with van der Waals surface area (Å²) in [5.41, 5.74) is 17.4.